The molecule has 114 valence electrons. The lowest BCUT2D eigenvalue weighted by molar-refractivity contribution is 0.357. The highest BCUT2D eigenvalue weighted by Crippen LogP contribution is 2.27. The number of aryl methyl sites for hydroxylation is 1. The summed E-state index contributed by atoms with van der Waals surface area (Å²) in [5, 5.41) is 3.68. The first-order chi connectivity index (χ1) is 9.74. The van der Waals surface area contributed by atoms with Crippen LogP contribution in [0, 0.1) is 5.92 Å². The number of benzene rings is 1. The summed E-state index contributed by atoms with van der Waals surface area (Å²) < 4.78 is 0. The molecule has 0 aliphatic carbocycles. The van der Waals surface area contributed by atoms with Crippen molar-refractivity contribution in [1.29, 1.82) is 0 Å². The molecule has 0 saturated heterocycles. The second kappa shape index (κ2) is 9.99. The summed E-state index contributed by atoms with van der Waals surface area (Å²) in [6.45, 7) is 10.1. The minimum Gasteiger partial charge on any atom is -0.310 e. The van der Waals surface area contributed by atoms with Gasteiger partial charge in [0.05, 0.1) is 0 Å². The average Bonchev–Trinajstić information content (AvgIpc) is 2.50. The molecule has 0 bridgehead atoms. The van der Waals surface area contributed by atoms with E-state index in [1.54, 1.807) is 0 Å². The van der Waals surface area contributed by atoms with Gasteiger partial charge < -0.3 is 5.32 Å². The van der Waals surface area contributed by atoms with Crippen molar-refractivity contribution in [1.82, 2.24) is 5.32 Å². The van der Waals surface area contributed by atoms with E-state index in [1.165, 1.54) is 43.2 Å². The van der Waals surface area contributed by atoms with E-state index in [1.807, 2.05) is 0 Å². The standard InChI is InChI=1S/C19H33N/c1-5-9-10-17(7-3)15-19(20-8-4)18-13-11-16(6-2)12-14-18/h11-14,17,19-20H,5-10,15H2,1-4H3. The lowest BCUT2D eigenvalue weighted by Crippen LogP contribution is -2.23. The van der Waals surface area contributed by atoms with Crippen molar-refractivity contribution in [2.75, 3.05) is 6.54 Å². The smallest absolute Gasteiger partial charge is 0.0322 e. The second-order valence-electron chi connectivity index (χ2n) is 5.86. The van der Waals surface area contributed by atoms with Gasteiger partial charge in [0, 0.05) is 6.04 Å². The van der Waals surface area contributed by atoms with Crippen molar-refractivity contribution in [3.05, 3.63) is 35.4 Å². The molecule has 0 amide bonds. The van der Waals surface area contributed by atoms with Crippen molar-refractivity contribution >= 4 is 0 Å². The van der Waals surface area contributed by atoms with Crippen LogP contribution in [0.2, 0.25) is 0 Å². The molecule has 0 aliphatic rings. The highest BCUT2D eigenvalue weighted by atomic mass is 14.9. The molecule has 2 atom stereocenters. The third kappa shape index (κ3) is 5.66. The topological polar surface area (TPSA) is 12.0 Å². The van der Waals surface area contributed by atoms with Crippen LogP contribution in [0.25, 0.3) is 0 Å². The highest BCUT2D eigenvalue weighted by molar-refractivity contribution is 5.25. The van der Waals surface area contributed by atoms with Gasteiger partial charge in [0.25, 0.3) is 0 Å². The number of hydrogen-bond acceptors (Lipinski definition) is 1. The minimum absolute atomic E-state index is 0.521. The number of hydrogen-bond donors (Lipinski definition) is 1. The zero-order chi connectivity index (χ0) is 14.8. The molecule has 0 saturated carbocycles. The Bertz CT molecular complexity index is 341. The average molecular weight is 275 g/mol. The molecular weight excluding hydrogens is 242 g/mol. The molecule has 1 heteroatoms. The van der Waals surface area contributed by atoms with Gasteiger partial charge in [-0.15, -0.1) is 0 Å². The second-order valence-corrected chi connectivity index (χ2v) is 5.86. The van der Waals surface area contributed by atoms with Crippen LogP contribution in [0.4, 0.5) is 0 Å². The highest BCUT2D eigenvalue weighted by Gasteiger charge is 2.16. The molecule has 0 aromatic heterocycles. The van der Waals surface area contributed by atoms with E-state index in [9.17, 15) is 0 Å². The summed E-state index contributed by atoms with van der Waals surface area (Å²) in [5.74, 6) is 0.852. The summed E-state index contributed by atoms with van der Waals surface area (Å²) >= 11 is 0. The summed E-state index contributed by atoms with van der Waals surface area (Å²) in [7, 11) is 0. The predicted molar refractivity (Wildman–Crippen MR) is 90.2 cm³/mol. The van der Waals surface area contributed by atoms with Crippen LogP contribution >= 0.6 is 0 Å². The van der Waals surface area contributed by atoms with E-state index in [4.69, 9.17) is 0 Å². The molecule has 1 rings (SSSR count). The molecule has 2 unspecified atom stereocenters. The van der Waals surface area contributed by atoms with Gasteiger partial charge >= 0.3 is 0 Å². The Morgan fingerprint density at radius 2 is 1.70 bits per heavy atom. The Kier molecular flexibility index (Phi) is 8.60. The van der Waals surface area contributed by atoms with E-state index >= 15 is 0 Å². The Morgan fingerprint density at radius 3 is 2.20 bits per heavy atom. The van der Waals surface area contributed by atoms with E-state index in [2.05, 4.69) is 57.3 Å². The third-order valence-electron chi connectivity index (χ3n) is 4.35. The quantitative estimate of drug-likeness (QED) is 0.594. The molecule has 1 aromatic carbocycles. The predicted octanol–water partition coefficient (Wildman–Crippen LogP) is 5.51. The molecule has 0 fully saturated rings. The van der Waals surface area contributed by atoms with Crippen molar-refractivity contribution < 1.29 is 0 Å². The summed E-state index contributed by atoms with van der Waals surface area (Å²) in [5.41, 5.74) is 2.89. The SMILES string of the molecule is CCCCC(CC)CC(NCC)c1ccc(CC)cc1. The van der Waals surface area contributed by atoms with Crippen LogP contribution in [0.5, 0.6) is 0 Å². The molecule has 1 N–H and O–H groups in total. The number of rotatable bonds is 10. The monoisotopic (exact) mass is 275 g/mol. The van der Waals surface area contributed by atoms with E-state index in [0.717, 1.165) is 18.9 Å². The van der Waals surface area contributed by atoms with Gasteiger partial charge in [0.15, 0.2) is 0 Å². The van der Waals surface area contributed by atoms with E-state index in [-0.39, 0.29) is 0 Å². The zero-order valence-corrected chi connectivity index (χ0v) is 13.9. The maximum atomic E-state index is 3.68. The zero-order valence-electron chi connectivity index (χ0n) is 13.9. The fraction of sp³-hybridized carbons (Fsp3) is 0.684. The summed E-state index contributed by atoms with van der Waals surface area (Å²) in [6.07, 6.45) is 7.76. The first kappa shape index (κ1) is 17.2. The lowest BCUT2D eigenvalue weighted by atomic mass is 9.89. The number of unbranched alkanes of at least 4 members (excludes halogenated alkanes) is 1. The van der Waals surface area contributed by atoms with Crippen molar-refractivity contribution in [3.63, 3.8) is 0 Å². The summed E-state index contributed by atoms with van der Waals surface area (Å²) in [4.78, 5) is 0. The lowest BCUT2D eigenvalue weighted by Gasteiger charge is -2.24. The molecule has 1 nitrogen and oxygen atoms in total. The van der Waals surface area contributed by atoms with Crippen molar-refractivity contribution in [3.8, 4) is 0 Å². The Hall–Kier alpha value is -0.820. The molecular formula is C19H33N. The van der Waals surface area contributed by atoms with Gasteiger partial charge in [-0.1, -0.05) is 77.6 Å². The van der Waals surface area contributed by atoms with Crippen LogP contribution in [-0.4, -0.2) is 6.54 Å². The molecule has 0 spiro atoms. The summed E-state index contributed by atoms with van der Waals surface area (Å²) in [6, 6.07) is 9.73. The van der Waals surface area contributed by atoms with Crippen molar-refractivity contribution in [2.45, 2.75) is 72.3 Å². The van der Waals surface area contributed by atoms with Crippen LogP contribution in [0.3, 0.4) is 0 Å². The van der Waals surface area contributed by atoms with Crippen LogP contribution in [-0.2, 0) is 6.42 Å². The molecule has 0 aliphatic heterocycles. The Balaban J connectivity index is 2.70. The first-order valence-electron chi connectivity index (χ1n) is 8.57. The van der Waals surface area contributed by atoms with Crippen LogP contribution < -0.4 is 5.32 Å². The molecule has 20 heavy (non-hydrogen) atoms. The Labute approximate surface area is 126 Å². The largest absolute Gasteiger partial charge is 0.310 e. The Morgan fingerprint density at radius 1 is 1.00 bits per heavy atom. The van der Waals surface area contributed by atoms with Gasteiger partial charge in [-0.05, 0) is 36.4 Å². The van der Waals surface area contributed by atoms with Crippen LogP contribution in [0.1, 0.15) is 77.0 Å². The van der Waals surface area contributed by atoms with E-state index < -0.39 is 0 Å². The van der Waals surface area contributed by atoms with Crippen molar-refractivity contribution in [2.24, 2.45) is 5.92 Å². The normalized spacial score (nSPS) is 14.2. The maximum absolute atomic E-state index is 3.68. The first-order valence-corrected chi connectivity index (χ1v) is 8.57. The van der Waals surface area contributed by atoms with Gasteiger partial charge in [-0.3, -0.25) is 0 Å². The van der Waals surface area contributed by atoms with Gasteiger partial charge in [-0.2, -0.15) is 0 Å². The van der Waals surface area contributed by atoms with Gasteiger partial charge in [0.2, 0.25) is 0 Å². The number of nitrogens with one attached hydrogen (secondary N) is 1. The molecule has 0 radical (unpaired) electrons. The maximum Gasteiger partial charge on any atom is 0.0322 e. The fourth-order valence-corrected chi connectivity index (χ4v) is 2.88. The van der Waals surface area contributed by atoms with Gasteiger partial charge in [0.1, 0.15) is 0 Å². The van der Waals surface area contributed by atoms with Crippen LogP contribution in [0.15, 0.2) is 24.3 Å². The molecule has 0 heterocycles. The fourth-order valence-electron chi connectivity index (χ4n) is 2.88. The molecule has 1 aromatic rings. The van der Waals surface area contributed by atoms with E-state index in [0.29, 0.717) is 6.04 Å². The van der Waals surface area contributed by atoms with Gasteiger partial charge in [-0.25, -0.2) is 0 Å². The third-order valence-corrected chi connectivity index (χ3v) is 4.35. The minimum atomic E-state index is 0.521.